The monoisotopic (exact) mass is 373 g/mol. The molecule has 0 amide bonds. The van der Waals surface area contributed by atoms with Crippen LogP contribution >= 0.6 is 0 Å². The van der Waals surface area contributed by atoms with Crippen LogP contribution in [0, 0.1) is 6.92 Å². The third-order valence-corrected chi connectivity index (χ3v) is 5.34. The van der Waals surface area contributed by atoms with Crippen molar-refractivity contribution in [3.05, 3.63) is 66.0 Å². The van der Waals surface area contributed by atoms with E-state index in [0.717, 1.165) is 23.6 Å². The van der Waals surface area contributed by atoms with Crippen LogP contribution in [-0.2, 0) is 6.54 Å². The molecule has 1 aliphatic carbocycles. The van der Waals surface area contributed by atoms with Gasteiger partial charge in [-0.15, -0.1) is 0 Å². The van der Waals surface area contributed by atoms with Gasteiger partial charge in [0.1, 0.15) is 5.82 Å². The Morgan fingerprint density at radius 2 is 1.86 bits per heavy atom. The number of hydrogen-bond acceptors (Lipinski definition) is 5. The Labute approximate surface area is 166 Å². The van der Waals surface area contributed by atoms with E-state index in [1.54, 1.807) is 6.20 Å². The molecule has 3 aromatic rings. The zero-order valence-electron chi connectivity index (χ0n) is 16.4. The van der Waals surface area contributed by atoms with Crippen molar-refractivity contribution in [2.45, 2.75) is 51.6 Å². The minimum atomic E-state index is 0.460. The van der Waals surface area contributed by atoms with Gasteiger partial charge in [-0.2, -0.15) is 4.98 Å². The molecule has 1 saturated carbocycles. The van der Waals surface area contributed by atoms with Crippen molar-refractivity contribution in [1.29, 1.82) is 0 Å². The van der Waals surface area contributed by atoms with Gasteiger partial charge in [-0.1, -0.05) is 43.5 Å². The van der Waals surface area contributed by atoms with Crippen LogP contribution in [0.25, 0.3) is 11.3 Å². The van der Waals surface area contributed by atoms with Gasteiger partial charge in [-0.05, 0) is 43.0 Å². The third-order valence-electron chi connectivity index (χ3n) is 5.34. The highest BCUT2D eigenvalue weighted by Gasteiger charge is 2.15. The third kappa shape index (κ3) is 4.66. The molecule has 1 aromatic carbocycles. The first-order valence-corrected chi connectivity index (χ1v) is 10.1. The van der Waals surface area contributed by atoms with Crippen LogP contribution in [-0.4, -0.2) is 21.0 Å². The molecule has 4 rings (SSSR count). The van der Waals surface area contributed by atoms with Crippen LogP contribution in [0.15, 0.2) is 54.9 Å². The van der Waals surface area contributed by atoms with Crippen LogP contribution < -0.4 is 10.6 Å². The maximum atomic E-state index is 4.77. The first kappa shape index (κ1) is 18.4. The summed E-state index contributed by atoms with van der Waals surface area (Å²) < 4.78 is 0. The molecule has 2 N–H and O–H groups in total. The van der Waals surface area contributed by atoms with Crippen LogP contribution in [0.4, 0.5) is 11.8 Å². The van der Waals surface area contributed by atoms with E-state index in [0.29, 0.717) is 12.0 Å². The summed E-state index contributed by atoms with van der Waals surface area (Å²) in [6, 6.07) is 14.8. The van der Waals surface area contributed by atoms with Gasteiger partial charge in [0.25, 0.3) is 0 Å². The molecule has 0 aliphatic heterocycles. The number of benzene rings is 1. The summed E-state index contributed by atoms with van der Waals surface area (Å²) in [6.45, 7) is 2.87. The summed E-state index contributed by atoms with van der Waals surface area (Å²) in [5.41, 5.74) is 4.42. The van der Waals surface area contributed by atoms with E-state index >= 15 is 0 Å². The fourth-order valence-electron chi connectivity index (χ4n) is 3.69. The van der Waals surface area contributed by atoms with E-state index in [9.17, 15) is 0 Å². The smallest absolute Gasteiger partial charge is 0.225 e. The van der Waals surface area contributed by atoms with Crippen molar-refractivity contribution in [2.24, 2.45) is 0 Å². The predicted octanol–water partition coefficient (Wildman–Crippen LogP) is 5.20. The van der Waals surface area contributed by atoms with Crippen LogP contribution in [0.2, 0.25) is 0 Å². The zero-order valence-corrected chi connectivity index (χ0v) is 16.4. The van der Waals surface area contributed by atoms with Gasteiger partial charge in [-0.25, -0.2) is 4.98 Å². The summed E-state index contributed by atoms with van der Waals surface area (Å²) >= 11 is 0. The van der Waals surface area contributed by atoms with Gasteiger partial charge in [-0.3, -0.25) is 4.98 Å². The lowest BCUT2D eigenvalue weighted by atomic mass is 9.96. The number of aromatic nitrogens is 3. The number of anilines is 2. The van der Waals surface area contributed by atoms with E-state index in [1.807, 2.05) is 24.4 Å². The van der Waals surface area contributed by atoms with Gasteiger partial charge < -0.3 is 10.6 Å². The SMILES string of the molecule is Cc1ccccc1CNc1cc(-c2cccnc2)nc(NC2CCCCC2)n1. The normalized spacial score (nSPS) is 14.6. The van der Waals surface area contributed by atoms with Crippen molar-refractivity contribution in [3.8, 4) is 11.3 Å². The Hall–Kier alpha value is -2.95. The lowest BCUT2D eigenvalue weighted by molar-refractivity contribution is 0.461. The molecule has 1 fully saturated rings. The van der Waals surface area contributed by atoms with E-state index in [-0.39, 0.29) is 0 Å². The average molecular weight is 374 g/mol. The summed E-state index contributed by atoms with van der Waals surface area (Å²) in [5.74, 6) is 1.52. The first-order chi connectivity index (χ1) is 13.8. The minimum Gasteiger partial charge on any atom is -0.366 e. The summed E-state index contributed by atoms with van der Waals surface area (Å²) in [5, 5.41) is 7.04. The number of aryl methyl sites for hydroxylation is 1. The van der Waals surface area contributed by atoms with Gasteiger partial charge in [0.2, 0.25) is 5.95 Å². The number of nitrogens with zero attached hydrogens (tertiary/aromatic N) is 3. The second-order valence-corrected chi connectivity index (χ2v) is 7.46. The molecule has 0 saturated heterocycles. The highest BCUT2D eigenvalue weighted by molar-refractivity contribution is 5.63. The maximum absolute atomic E-state index is 4.77. The lowest BCUT2D eigenvalue weighted by Crippen LogP contribution is -2.23. The lowest BCUT2D eigenvalue weighted by Gasteiger charge is -2.23. The Morgan fingerprint density at radius 1 is 1.00 bits per heavy atom. The van der Waals surface area contributed by atoms with Crippen molar-refractivity contribution in [1.82, 2.24) is 15.0 Å². The fourth-order valence-corrected chi connectivity index (χ4v) is 3.69. The van der Waals surface area contributed by atoms with Crippen LogP contribution in [0.1, 0.15) is 43.2 Å². The average Bonchev–Trinajstić information content (AvgIpc) is 2.74. The van der Waals surface area contributed by atoms with Crippen molar-refractivity contribution >= 4 is 11.8 Å². The van der Waals surface area contributed by atoms with Gasteiger partial charge in [0, 0.05) is 36.6 Å². The highest BCUT2D eigenvalue weighted by atomic mass is 15.2. The zero-order chi connectivity index (χ0) is 19.2. The molecular weight excluding hydrogens is 346 g/mol. The molecule has 0 spiro atoms. The van der Waals surface area contributed by atoms with Gasteiger partial charge >= 0.3 is 0 Å². The van der Waals surface area contributed by atoms with E-state index in [2.05, 4.69) is 46.8 Å². The number of pyridine rings is 1. The molecule has 144 valence electrons. The molecule has 0 radical (unpaired) electrons. The van der Waals surface area contributed by atoms with E-state index in [1.165, 1.54) is 43.2 Å². The maximum Gasteiger partial charge on any atom is 0.225 e. The minimum absolute atomic E-state index is 0.460. The molecule has 2 heterocycles. The molecule has 2 aromatic heterocycles. The van der Waals surface area contributed by atoms with E-state index < -0.39 is 0 Å². The van der Waals surface area contributed by atoms with Crippen LogP contribution in [0.3, 0.4) is 0 Å². The predicted molar refractivity (Wildman–Crippen MR) is 114 cm³/mol. The largest absolute Gasteiger partial charge is 0.366 e. The molecular formula is C23H27N5. The topological polar surface area (TPSA) is 62.7 Å². The molecule has 5 nitrogen and oxygen atoms in total. The Bertz CT molecular complexity index is 904. The van der Waals surface area contributed by atoms with Gasteiger partial charge in [0.05, 0.1) is 5.69 Å². The number of nitrogens with one attached hydrogen (secondary N) is 2. The Morgan fingerprint density at radius 3 is 2.64 bits per heavy atom. The molecule has 0 unspecified atom stereocenters. The standard InChI is InChI=1S/C23H27N5/c1-17-8-5-6-9-18(17)16-25-22-14-21(19-10-7-13-24-15-19)27-23(28-22)26-20-11-3-2-4-12-20/h5-10,13-15,20H,2-4,11-12,16H2,1H3,(H2,25,26,27,28). The first-order valence-electron chi connectivity index (χ1n) is 10.1. The highest BCUT2D eigenvalue weighted by Crippen LogP contribution is 2.24. The molecule has 0 bridgehead atoms. The van der Waals surface area contributed by atoms with Gasteiger partial charge in [0.15, 0.2) is 0 Å². The summed E-state index contributed by atoms with van der Waals surface area (Å²) in [6.07, 6.45) is 9.88. The van der Waals surface area contributed by atoms with Crippen molar-refractivity contribution in [3.63, 3.8) is 0 Å². The summed E-state index contributed by atoms with van der Waals surface area (Å²) in [4.78, 5) is 13.8. The van der Waals surface area contributed by atoms with E-state index in [4.69, 9.17) is 9.97 Å². The number of hydrogen-bond donors (Lipinski definition) is 2. The molecule has 1 aliphatic rings. The fraction of sp³-hybridized carbons (Fsp3) is 0.348. The summed E-state index contributed by atoms with van der Waals surface area (Å²) in [7, 11) is 0. The molecule has 5 heteroatoms. The van der Waals surface area contributed by atoms with Crippen LogP contribution in [0.5, 0.6) is 0 Å². The number of rotatable bonds is 6. The van der Waals surface area contributed by atoms with Crippen molar-refractivity contribution in [2.75, 3.05) is 10.6 Å². The second kappa shape index (κ2) is 8.83. The van der Waals surface area contributed by atoms with Crippen molar-refractivity contribution < 1.29 is 0 Å². The Kier molecular flexibility index (Phi) is 5.80. The quantitative estimate of drug-likeness (QED) is 0.621. The molecule has 28 heavy (non-hydrogen) atoms. The Balaban J connectivity index is 1.58. The second-order valence-electron chi connectivity index (χ2n) is 7.46. The molecule has 0 atom stereocenters.